The second kappa shape index (κ2) is 8.23. The van der Waals surface area contributed by atoms with Gasteiger partial charge in [-0.15, -0.1) is 0 Å². The molecule has 134 valence electrons. The van der Waals surface area contributed by atoms with E-state index in [4.69, 9.17) is 0 Å². The van der Waals surface area contributed by atoms with Gasteiger partial charge in [0.15, 0.2) is 11.4 Å². The first kappa shape index (κ1) is 17.6. The maximum atomic E-state index is 13.0. The Morgan fingerprint density at radius 3 is 2.44 bits per heavy atom. The molecule has 0 saturated carbocycles. The zero-order valence-corrected chi connectivity index (χ0v) is 14.9. The number of likely N-dealkylation sites (tertiary alicyclic amines) is 1. The number of amides is 2. The number of nitrogens with zero attached hydrogens (tertiary/aromatic N) is 4. The van der Waals surface area contributed by atoms with E-state index in [0.29, 0.717) is 6.54 Å². The molecule has 25 heavy (non-hydrogen) atoms. The molecule has 0 unspecified atom stereocenters. The number of rotatable bonds is 5. The van der Waals surface area contributed by atoms with E-state index in [1.807, 2.05) is 6.08 Å². The van der Waals surface area contributed by atoms with Crippen molar-refractivity contribution in [1.29, 1.82) is 0 Å². The molecule has 0 N–H and O–H groups in total. The van der Waals surface area contributed by atoms with Gasteiger partial charge in [-0.3, -0.25) is 9.59 Å². The molecule has 0 aromatic carbocycles. The summed E-state index contributed by atoms with van der Waals surface area (Å²) in [5.74, 6) is -0.368. The molecule has 1 aromatic heterocycles. The van der Waals surface area contributed by atoms with Crippen molar-refractivity contribution in [2.75, 3.05) is 19.6 Å². The lowest BCUT2D eigenvalue weighted by atomic mass is 10.1. The van der Waals surface area contributed by atoms with Gasteiger partial charge in [-0.2, -0.15) is 0 Å². The fraction of sp³-hybridized carbons (Fsp3) is 0.579. The van der Waals surface area contributed by atoms with E-state index in [2.05, 4.69) is 23.0 Å². The normalized spacial score (nSPS) is 20.1. The highest BCUT2D eigenvalue weighted by Gasteiger charge is 2.31. The Morgan fingerprint density at radius 1 is 1.08 bits per heavy atom. The zero-order valence-electron chi connectivity index (χ0n) is 14.9. The molecular formula is C19H26N4O2. The molecule has 0 aliphatic carbocycles. The van der Waals surface area contributed by atoms with E-state index in [-0.39, 0.29) is 29.2 Å². The lowest BCUT2D eigenvalue weighted by Crippen LogP contribution is -2.40. The number of carbonyl (C=O) groups is 2. The van der Waals surface area contributed by atoms with Crippen LogP contribution in [0.2, 0.25) is 0 Å². The number of piperidine rings is 1. The minimum atomic E-state index is -0.195. The molecule has 1 saturated heterocycles. The van der Waals surface area contributed by atoms with Crippen LogP contribution in [0.4, 0.5) is 0 Å². The van der Waals surface area contributed by atoms with Gasteiger partial charge < -0.3 is 9.80 Å². The van der Waals surface area contributed by atoms with E-state index in [1.165, 1.54) is 12.4 Å². The van der Waals surface area contributed by atoms with Crippen molar-refractivity contribution in [2.24, 2.45) is 0 Å². The first-order valence-electron chi connectivity index (χ1n) is 9.30. The van der Waals surface area contributed by atoms with Gasteiger partial charge in [-0.1, -0.05) is 31.9 Å². The van der Waals surface area contributed by atoms with E-state index in [9.17, 15) is 9.59 Å². The van der Waals surface area contributed by atoms with Gasteiger partial charge in [0.25, 0.3) is 11.8 Å². The number of unbranched alkanes of at least 4 members (excludes halogenated alkanes) is 1. The topological polar surface area (TPSA) is 66.4 Å². The van der Waals surface area contributed by atoms with Gasteiger partial charge in [0.1, 0.15) is 0 Å². The van der Waals surface area contributed by atoms with Crippen LogP contribution in [0.25, 0.3) is 0 Å². The Balaban J connectivity index is 1.80. The minimum absolute atomic E-state index is 0.0902. The van der Waals surface area contributed by atoms with Crippen LogP contribution in [-0.4, -0.2) is 57.3 Å². The van der Waals surface area contributed by atoms with Crippen molar-refractivity contribution in [2.45, 2.75) is 51.5 Å². The highest BCUT2D eigenvalue weighted by molar-refractivity contribution is 6.04. The van der Waals surface area contributed by atoms with Crippen molar-refractivity contribution >= 4 is 11.8 Å². The molecule has 2 aliphatic rings. The van der Waals surface area contributed by atoms with Crippen LogP contribution in [-0.2, 0) is 0 Å². The third kappa shape index (κ3) is 3.89. The second-order valence-electron chi connectivity index (χ2n) is 6.70. The molecule has 1 fully saturated rings. The maximum absolute atomic E-state index is 13.0. The summed E-state index contributed by atoms with van der Waals surface area (Å²) in [5, 5.41) is 0. The highest BCUT2D eigenvalue weighted by Crippen LogP contribution is 2.20. The molecule has 1 aromatic rings. The standard InChI is InChI=1S/C19H26N4O2/c1-2-3-8-15-9-7-14-23(15)19(25)17-16(20-10-11-21-17)18(24)22-12-5-4-6-13-22/h7,9-11,15H,2-6,8,12-14H2,1H3/t15-/m0/s1. The first-order chi connectivity index (χ1) is 12.2. The van der Waals surface area contributed by atoms with Crippen LogP contribution in [0.1, 0.15) is 66.4 Å². The second-order valence-corrected chi connectivity index (χ2v) is 6.70. The largest absolute Gasteiger partial charge is 0.337 e. The van der Waals surface area contributed by atoms with Gasteiger partial charge in [-0.05, 0) is 25.7 Å². The third-order valence-electron chi connectivity index (χ3n) is 4.92. The molecular weight excluding hydrogens is 316 g/mol. The molecule has 3 rings (SSSR count). The zero-order chi connectivity index (χ0) is 17.6. The molecule has 2 aliphatic heterocycles. The van der Waals surface area contributed by atoms with Crippen LogP contribution >= 0.6 is 0 Å². The number of aromatic nitrogens is 2. The van der Waals surface area contributed by atoms with E-state index >= 15 is 0 Å². The third-order valence-corrected chi connectivity index (χ3v) is 4.92. The smallest absolute Gasteiger partial charge is 0.275 e. The Bertz CT molecular complexity index is 653. The summed E-state index contributed by atoms with van der Waals surface area (Å²) in [5.41, 5.74) is 0.374. The van der Waals surface area contributed by atoms with Gasteiger partial charge in [-0.25, -0.2) is 9.97 Å². The van der Waals surface area contributed by atoms with Crippen LogP contribution in [0.15, 0.2) is 24.5 Å². The number of hydrogen-bond acceptors (Lipinski definition) is 4. The summed E-state index contributed by atoms with van der Waals surface area (Å²) in [6.07, 6.45) is 13.3. The first-order valence-corrected chi connectivity index (χ1v) is 9.30. The number of hydrogen-bond donors (Lipinski definition) is 0. The minimum Gasteiger partial charge on any atom is -0.337 e. The Morgan fingerprint density at radius 2 is 1.76 bits per heavy atom. The Hall–Kier alpha value is -2.24. The van der Waals surface area contributed by atoms with Crippen molar-refractivity contribution in [3.8, 4) is 0 Å². The van der Waals surface area contributed by atoms with E-state index in [1.54, 1.807) is 9.80 Å². The molecule has 2 amide bonds. The highest BCUT2D eigenvalue weighted by atomic mass is 16.2. The Kier molecular flexibility index (Phi) is 5.79. The summed E-state index contributed by atoms with van der Waals surface area (Å²) >= 11 is 0. The quantitative estimate of drug-likeness (QED) is 0.772. The lowest BCUT2D eigenvalue weighted by Gasteiger charge is -2.28. The van der Waals surface area contributed by atoms with Crippen LogP contribution < -0.4 is 0 Å². The molecule has 0 bridgehead atoms. The molecule has 0 radical (unpaired) electrons. The molecule has 1 atom stereocenters. The van der Waals surface area contributed by atoms with Gasteiger partial charge in [0.2, 0.25) is 0 Å². The summed E-state index contributed by atoms with van der Waals surface area (Å²) < 4.78 is 0. The summed E-state index contributed by atoms with van der Waals surface area (Å²) in [6.45, 7) is 4.17. The predicted molar refractivity (Wildman–Crippen MR) is 95.3 cm³/mol. The summed E-state index contributed by atoms with van der Waals surface area (Å²) in [7, 11) is 0. The average molecular weight is 342 g/mol. The van der Waals surface area contributed by atoms with E-state index in [0.717, 1.165) is 51.6 Å². The SMILES string of the molecule is CCCC[C@H]1C=CCN1C(=O)c1nccnc1C(=O)N1CCCCC1. The number of carbonyl (C=O) groups excluding carboxylic acids is 2. The van der Waals surface area contributed by atoms with Crippen molar-refractivity contribution in [3.63, 3.8) is 0 Å². The molecule has 6 nitrogen and oxygen atoms in total. The molecule has 0 spiro atoms. The van der Waals surface area contributed by atoms with Gasteiger partial charge in [0, 0.05) is 32.0 Å². The van der Waals surface area contributed by atoms with Crippen molar-refractivity contribution in [3.05, 3.63) is 35.9 Å². The fourth-order valence-electron chi connectivity index (χ4n) is 3.50. The van der Waals surface area contributed by atoms with Crippen LogP contribution in [0.3, 0.4) is 0 Å². The predicted octanol–water partition coefficient (Wildman–Crippen LogP) is 2.67. The van der Waals surface area contributed by atoms with Crippen molar-refractivity contribution in [1.82, 2.24) is 19.8 Å². The van der Waals surface area contributed by atoms with Crippen LogP contribution in [0.5, 0.6) is 0 Å². The molecule has 6 heteroatoms. The monoisotopic (exact) mass is 342 g/mol. The summed E-state index contributed by atoms with van der Waals surface area (Å²) in [4.78, 5) is 37.9. The Labute approximate surface area is 148 Å². The fourth-order valence-corrected chi connectivity index (χ4v) is 3.50. The van der Waals surface area contributed by atoms with Crippen LogP contribution in [0, 0.1) is 0 Å². The van der Waals surface area contributed by atoms with Gasteiger partial charge in [0.05, 0.1) is 6.04 Å². The van der Waals surface area contributed by atoms with E-state index < -0.39 is 0 Å². The lowest BCUT2D eigenvalue weighted by molar-refractivity contribution is 0.0683. The molecule has 3 heterocycles. The maximum Gasteiger partial charge on any atom is 0.275 e. The summed E-state index contributed by atoms with van der Waals surface area (Å²) in [6, 6.07) is 0.0902. The van der Waals surface area contributed by atoms with Gasteiger partial charge >= 0.3 is 0 Å². The average Bonchev–Trinajstić information content (AvgIpc) is 3.14. The van der Waals surface area contributed by atoms with Crippen molar-refractivity contribution < 1.29 is 9.59 Å².